The molecule has 1 amide bonds. The van der Waals surface area contributed by atoms with Crippen molar-refractivity contribution >= 4 is 25.6 Å². The number of hydrogen-bond acceptors (Lipinski definition) is 4. The van der Waals surface area contributed by atoms with E-state index < -0.39 is 9.05 Å². The van der Waals surface area contributed by atoms with Crippen molar-refractivity contribution in [1.29, 1.82) is 0 Å². The predicted molar refractivity (Wildman–Crippen MR) is 70.0 cm³/mol. The molecule has 0 aliphatic heterocycles. The van der Waals surface area contributed by atoms with Crippen molar-refractivity contribution in [2.24, 2.45) is 0 Å². The first-order valence-corrected chi connectivity index (χ1v) is 8.18. The molecule has 0 atom stereocenters. The van der Waals surface area contributed by atoms with E-state index in [4.69, 9.17) is 15.4 Å². The highest BCUT2D eigenvalue weighted by molar-refractivity contribution is 8.13. The van der Waals surface area contributed by atoms with E-state index in [1.54, 1.807) is 4.57 Å². The van der Waals surface area contributed by atoms with Crippen molar-refractivity contribution in [3.8, 4) is 0 Å². The SMILES string of the molecule is COCCNC(=O)c1cc(S(=O)(=O)Cl)cn1C1CC1. The lowest BCUT2D eigenvalue weighted by Crippen LogP contribution is -2.28. The molecule has 1 aliphatic carbocycles. The maximum absolute atomic E-state index is 12.0. The third-order valence-electron chi connectivity index (χ3n) is 2.87. The largest absolute Gasteiger partial charge is 0.383 e. The lowest BCUT2D eigenvalue weighted by atomic mass is 10.4. The number of methoxy groups -OCH3 is 1. The molecule has 1 aromatic rings. The molecule has 1 heterocycles. The van der Waals surface area contributed by atoms with Gasteiger partial charge in [-0.05, 0) is 18.9 Å². The van der Waals surface area contributed by atoms with E-state index in [9.17, 15) is 13.2 Å². The van der Waals surface area contributed by atoms with Crippen molar-refractivity contribution in [3.05, 3.63) is 18.0 Å². The summed E-state index contributed by atoms with van der Waals surface area (Å²) in [5.41, 5.74) is 0.317. The number of nitrogens with zero attached hydrogens (tertiary/aromatic N) is 1. The van der Waals surface area contributed by atoms with Crippen molar-refractivity contribution in [1.82, 2.24) is 9.88 Å². The predicted octanol–water partition coefficient (Wildman–Crippen LogP) is 1.13. The second-order valence-electron chi connectivity index (χ2n) is 4.39. The molecule has 6 nitrogen and oxygen atoms in total. The summed E-state index contributed by atoms with van der Waals surface area (Å²) >= 11 is 0. The van der Waals surface area contributed by atoms with Crippen LogP contribution in [0.3, 0.4) is 0 Å². The molecular formula is C11H15ClN2O4S. The summed E-state index contributed by atoms with van der Waals surface area (Å²) in [5, 5.41) is 2.67. The zero-order valence-corrected chi connectivity index (χ0v) is 12.0. The quantitative estimate of drug-likeness (QED) is 0.631. The maximum Gasteiger partial charge on any atom is 0.268 e. The third-order valence-corrected chi connectivity index (χ3v) is 4.19. The first-order valence-electron chi connectivity index (χ1n) is 5.87. The number of amides is 1. The Morgan fingerprint density at radius 3 is 2.79 bits per heavy atom. The van der Waals surface area contributed by atoms with Gasteiger partial charge in [-0.15, -0.1) is 0 Å². The molecule has 0 unspecified atom stereocenters. The first-order chi connectivity index (χ1) is 8.93. The minimum absolute atomic E-state index is 0.0436. The monoisotopic (exact) mass is 306 g/mol. The average Bonchev–Trinajstić information content (AvgIpc) is 3.06. The molecule has 1 aromatic heterocycles. The van der Waals surface area contributed by atoms with Crippen molar-refractivity contribution < 1.29 is 17.9 Å². The van der Waals surface area contributed by atoms with Crippen LogP contribution in [-0.2, 0) is 13.8 Å². The van der Waals surface area contributed by atoms with Gasteiger partial charge in [-0.2, -0.15) is 0 Å². The van der Waals surface area contributed by atoms with Gasteiger partial charge in [0.2, 0.25) is 0 Å². The van der Waals surface area contributed by atoms with E-state index in [2.05, 4.69) is 5.32 Å². The molecule has 8 heteroatoms. The van der Waals surface area contributed by atoms with Crippen LogP contribution in [0.2, 0.25) is 0 Å². The molecule has 19 heavy (non-hydrogen) atoms. The van der Waals surface area contributed by atoms with Crippen molar-refractivity contribution in [3.63, 3.8) is 0 Å². The molecule has 0 radical (unpaired) electrons. The van der Waals surface area contributed by atoms with E-state index in [1.165, 1.54) is 19.4 Å². The molecule has 1 saturated carbocycles. The maximum atomic E-state index is 12.0. The van der Waals surface area contributed by atoms with E-state index in [1.807, 2.05) is 0 Å². The van der Waals surface area contributed by atoms with Gasteiger partial charge in [0.15, 0.2) is 0 Å². The Morgan fingerprint density at radius 2 is 2.26 bits per heavy atom. The van der Waals surface area contributed by atoms with Gasteiger partial charge in [-0.3, -0.25) is 4.79 Å². The highest BCUT2D eigenvalue weighted by Crippen LogP contribution is 2.37. The Kier molecular flexibility index (Phi) is 4.17. The standard InChI is InChI=1S/C11H15ClN2O4S/c1-18-5-4-13-11(15)10-6-9(19(12,16)17)7-14(10)8-2-3-8/h6-8H,2-5H2,1H3,(H,13,15). The van der Waals surface area contributed by atoms with Crippen LogP contribution in [0.25, 0.3) is 0 Å². The minimum atomic E-state index is -3.82. The Hall–Kier alpha value is -1.05. The van der Waals surface area contributed by atoms with Gasteiger partial charge in [0.1, 0.15) is 10.6 Å². The number of ether oxygens (including phenoxy) is 1. The van der Waals surface area contributed by atoms with Crippen LogP contribution in [0.1, 0.15) is 29.4 Å². The number of hydrogen-bond donors (Lipinski definition) is 1. The van der Waals surface area contributed by atoms with Crippen molar-refractivity contribution in [2.45, 2.75) is 23.8 Å². The number of carbonyl (C=O) groups is 1. The summed E-state index contributed by atoms with van der Waals surface area (Å²) in [5.74, 6) is -0.324. The molecule has 106 valence electrons. The van der Waals surface area contributed by atoms with Gasteiger partial charge < -0.3 is 14.6 Å². The smallest absolute Gasteiger partial charge is 0.268 e. The van der Waals surface area contributed by atoms with Gasteiger partial charge in [-0.1, -0.05) is 0 Å². The summed E-state index contributed by atoms with van der Waals surface area (Å²) in [4.78, 5) is 11.9. The minimum Gasteiger partial charge on any atom is -0.383 e. The molecular weight excluding hydrogens is 292 g/mol. The number of rotatable bonds is 6. The highest BCUT2D eigenvalue weighted by Gasteiger charge is 2.29. The number of halogens is 1. The lowest BCUT2D eigenvalue weighted by Gasteiger charge is -2.07. The fourth-order valence-corrected chi connectivity index (χ4v) is 2.53. The van der Waals surface area contributed by atoms with Gasteiger partial charge in [-0.25, -0.2) is 8.42 Å². The number of aromatic nitrogens is 1. The Balaban J connectivity index is 2.23. The van der Waals surface area contributed by atoms with Gasteiger partial charge in [0, 0.05) is 36.6 Å². The van der Waals surface area contributed by atoms with E-state index in [0.717, 1.165) is 12.8 Å². The topological polar surface area (TPSA) is 77.4 Å². The molecule has 1 aliphatic rings. The zero-order chi connectivity index (χ0) is 14.0. The average molecular weight is 307 g/mol. The van der Waals surface area contributed by atoms with E-state index in [-0.39, 0.29) is 16.8 Å². The second-order valence-corrected chi connectivity index (χ2v) is 6.95. The Bertz CT molecular complexity index is 578. The summed E-state index contributed by atoms with van der Waals surface area (Å²) in [7, 11) is 3.02. The highest BCUT2D eigenvalue weighted by atomic mass is 35.7. The summed E-state index contributed by atoms with van der Waals surface area (Å²) < 4.78 is 29.2. The number of carbonyl (C=O) groups excluding carboxylic acids is 1. The molecule has 1 fully saturated rings. The van der Waals surface area contributed by atoms with E-state index >= 15 is 0 Å². The molecule has 0 aromatic carbocycles. The van der Waals surface area contributed by atoms with Crippen molar-refractivity contribution in [2.75, 3.05) is 20.3 Å². The van der Waals surface area contributed by atoms with Crippen LogP contribution in [-0.4, -0.2) is 39.2 Å². The van der Waals surface area contributed by atoms with Crippen LogP contribution in [0, 0.1) is 0 Å². The summed E-state index contributed by atoms with van der Waals surface area (Å²) in [6.07, 6.45) is 3.30. The summed E-state index contributed by atoms with van der Waals surface area (Å²) in [6.45, 7) is 0.769. The second kappa shape index (κ2) is 5.52. The normalized spacial score (nSPS) is 15.5. The fraction of sp³-hybridized carbons (Fsp3) is 0.545. The van der Waals surface area contributed by atoms with E-state index in [0.29, 0.717) is 18.8 Å². The fourth-order valence-electron chi connectivity index (χ4n) is 1.78. The first kappa shape index (κ1) is 14.4. The zero-order valence-electron chi connectivity index (χ0n) is 10.4. The Labute approximate surface area is 116 Å². The molecule has 0 saturated heterocycles. The van der Waals surface area contributed by atoms with Crippen LogP contribution >= 0.6 is 10.7 Å². The van der Waals surface area contributed by atoms with Crippen LogP contribution in [0.15, 0.2) is 17.2 Å². The van der Waals surface area contributed by atoms with Crippen LogP contribution in [0.5, 0.6) is 0 Å². The number of nitrogens with one attached hydrogen (secondary N) is 1. The van der Waals surface area contributed by atoms with Crippen LogP contribution in [0.4, 0.5) is 0 Å². The third kappa shape index (κ3) is 3.49. The Morgan fingerprint density at radius 1 is 1.58 bits per heavy atom. The van der Waals surface area contributed by atoms with Gasteiger partial charge in [0.05, 0.1) is 6.61 Å². The van der Waals surface area contributed by atoms with Gasteiger partial charge in [0.25, 0.3) is 15.0 Å². The molecule has 1 N–H and O–H groups in total. The lowest BCUT2D eigenvalue weighted by molar-refractivity contribution is 0.0927. The summed E-state index contributed by atoms with van der Waals surface area (Å²) in [6, 6.07) is 1.50. The molecule has 0 spiro atoms. The molecule has 2 rings (SSSR count). The molecule has 0 bridgehead atoms. The van der Waals surface area contributed by atoms with Gasteiger partial charge >= 0.3 is 0 Å². The van der Waals surface area contributed by atoms with Crippen LogP contribution < -0.4 is 5.32 Å².